The van der Waals surface area contributed by atoms with Crippen LogP contribution in [0.25, 0.3) is 11.1 Å². The van der Waals surface area contributed by atoms with Crippen molar-refractivity contribution in [2.24, 2.45) is 11.8 Å². The zero-order chi connectivity index (χ0) is 47.9. The minimum atomic E-state index is -6.12. The average molecular weight is 977 g/mol. The number of hydrogen-bond donors (Lipinski definition) is 3. The highest BCUT2D eigenvalue weighted by molar-refractivity contribution is 7.99. The number of carbonyl (C=O) groups is 1. The van der Waals surface area contributed by atoms with Crippen LogP contribution >= 0.6 is 11.8 Å². The van der Waals surface area contributed by atoms with E-state index in [1.807, 2.05) is 71.1 Å². The topological polar surface area (TPSA) is 136 Å². The summed E-state index contributed by atoms with van der Waals surface area (Å²) in [6.45, 7) is 3.70. The summed E-state index contributed by atoms with van der Waals surface area (Å²) in [5.74, 6) is -0.826. The number of nitrogens with one attached hydrogen (secondary N) is 2. The molecule has 5 aromatic rings. The van der Waals surface area contributed by atoms with Crippen molar-refractivity contribution in [3.8, 4) is 11.1 Å². The molecule has 1 aliphatic heterocycles. The highest BCUT2D eigenvalue weighted by atomic mass is 32.2. The number of nitrogens with zero attached hydrogens (tertiary/aromatic N) is 2. The van der Waals surface area contributed by atoms with E-state index in [9.17, 15) is 53.1 Å². The third-order valence-corrected chi connectivity index (χ3v) is 15.5. The molecular weight excluding hydrogens is 927 g/mol. The van der Waals surface area contributed by atoms with Crippen molar-refractivity contribution >= 4 is 48.9 Å². The first kappa shape index (κ1) is 50.3. The Balaban J connectivity index is 1.13. The Morgan fingerprint density at radius 1 is 0.848 bits per heavy atom. The van der Waals surface area contributed by atoms with Crippen molar-refractivity contribution in [1.29, 1.82) is 0 Å². The normalized spacial score (nSPS) is 15.1. The summed E-state index contributed by atoms with van der Waals surface area (Å²) in [4.78, 5) is 15.9. The second-order valence-corrected chi connectivity index (χ2v) is 21.0. The number of likely N-dealkylation sites (N-methyl/N-ethyl adjacent to an activating group) is 1. The van der Waals surface area contributed by atoms with Crippen LogP contribution in [-0.4, -0.2) is 89.9 Å². The van der Waals surface area contributed by atoms with Gasteiger partial charge in [-0.05, 0) is 122 Å². The second kappa shape index (κ2) is 21.3. The maximum Gasteiger partial charge on any atom is 0.501 e. The fourth-order valence-electron chi connectivity index (χ4n) is 7.86. The molecule has 1 amide bonds. The van der Waals surface area contributed by atoms with E-state index in [1.165, 1.54) is 36.0 Å². The van der Waals surface area contributed by atoms with Crippen molar-refractivity contribution < 1.29 is 53.1 Å². The van der Waals surface area contributed by atoms with E-state index < -0.39 is 64.5 Å². The highest BCUT2D eigenvalue weighted by Gasteiger charge is 2.48. The first-order chi connectivity index (χ1) is 31.2. The lowest BCUT2D eigenvalue weighted by Crippen LogP contribution is -2.38. The van der Waals surface area contributed by atoms with Gasteiger partial charge in [-0.15, -0.1) is 11.8 Å². The number of piperidine rings is 1. The lowest BCUT2D eigenvalue weighted by atomic mass is 9.86. The third-order valence-electron chi connectivity index (χ3n) is 11.5. The first-order valence-electron chi connectivity index (χ1n) is 21.0. The van der Waals surface area contributed by atoms with Crippen LogP contribution in [0.2, 0.25) is 0 Å². The number of aliphatic hydroxyl groups is 1. The zero-order valence-corrected chi connectivity index (χ0v) is 38.5. The SMILES string of the molecule is CC(CN(C)CCO)[C@H](CSc1ccccc1)Nc1ccc(S(=O)(=O)NC(=O)c2ccc(N3CCC(Cc4ccccc4-c4ccc(C(F)(F)F)cc4)CC3)cc2)cc1S(=O)(=O)C(F)(F)F. The van der Waals surface area contributed by atoms with Crippen molar-refractivity contribution in [3.63, 3.8) is 0 Å². The number of sulfonamides is 1. The number of rotatable bonds is 18. The molecule has 0 bridgehead atoms. The van der Waals surface area contributed by atoms with Crippen LogP contribution in [0.3, 0.4) is 0 Å². The Bertz CT molecular complexity index is 2650. The van der Waals surface area contributed by atoms with Gasteiger partial charge in [-0.25, -0.2) is 21.6 Å². The molecule has 3 N–H and O–H groups in total. The summed E-state index contributed by atoms with van der Waals surface area (Å²) >= 11 is 1.39. The summed E-state index contributed by atoms with van der Waals surface area (Å²) in [5.41, 5.74) is -3.70. The lowest BCUT2D eigenvalue weighted by molar-refractivity contribution is -0.137. The molecule has 66 heavy (non-hydrogen) atoms. The summed E-state index contributed by atoms with van der Waals surface area (Å²) in [7, 11) is -9.27. The molecule has 0 radical (unpaired) electrons. The Hall–Kier alpha value is -5.08. The van der Waals surface area contributed by atoms with Gasteiger partial charge in [-0.3, -0.25) is 4.79 Å². The molecular formula is C47H50F6N4O6S3. The summed E-state index contributed by atoms with van der Waals surface area (Å²) in [6.07, 6.45) is -2.10. The van der Waals surface area contributed by atoms with Gasteiger partial charge in [0.15, 0.2) is 0 Å². The van der Waals surface area contributed by atoms with Crippen LogP contribution in [0, 0.1) is 11.8 Å². The number of anilines is 2. The first-order valence-corrected chi connectivity index (χ1v) is 25.0. The quantitative estimate of drug-likeness (QED) is 0.0576. The van der Waals surface area contributed by atoms with E-state index in [4.69, 9.17) is 0 Å². The molecule has 0 spiro atoms. The van der Waals surface area contributed by atoms with E-state index in [2.05, 4.69) is 10.2 Å². The summed E-state index contributed by atoms with van der Waals surface area (Å²) in [6, 6.07) is 29.6. The Labute approximate surface area is 385 Å². The van der Waals surface area contributed by atoms with E-state index in [0.717, 1.165) is 65.2 Å². The number of carbonyl (C=O) groups excluding carboxylic acids is 1. The lowest BCUT2D eigenvalue weighted by Gasteiger charge is -2.34. The van der Waals surface area contributed by atoms with Gasteiger partial charge in [0.2, 0.25) is 0 Å². The molecule has 5 aromatic carbocycles. The molecule has 1 aliphatic rings. The molecule has 0 saturated carbocycles. The molecule has 6 rings (SSSR count). The minimum absolute atomic E-state index is 0.0718. The maximum absolute atomic E-state index is 14.2. The van der Waals surface area contributed by atoms with Gasteiger partial charge in [-0.2, -0.15) is 26.3 Å². The van der Waals surface area contributed by atoms with Crippen molar-refractivity contribution in [1.82, 2.24) is 9.62 Å². The largest absolute Gasteiger partial charge is 0.501 e. The number of amides is 1. The van der Waals surface area contributed by atoms with Gasteiger partial charge in [0.25, 0.3) is 25.8 Å². The van der Waals surface area contributed by atoms with Crippen LogP contribution in [0.15, 0.2) is 136 Å². The number of thioether (sulfide) groups is 1. The monoisotopic (exact) mass is 976 g/mol. The average Bonchev–Trinajstić information content (AvgIpc) is 3.28. The van der Waals surface area contributed by atoms with Gasteiger partial charge in [0, 0.05) is 54.1 Å². The van der Waals surface area contributed by atoms with Gasteiger partial charge >= 0.3 is 11.7 Å². The second-order valence-electron chi connectivity index (χ2n) is 16.3. The Kier molecular flexibility index (Phi) is 16.2. The fourth-order valence-corrected chi connectivity index (χ4v) is 11.0. The molecule has 1 saturated heterocycles. The number of hydrogen-bond acceptors (Lipinski definition) is 10. The van der Waals surface area contributed by atoms with Crippen LogP contribution in [0.4, 0.5) is 37.7 Å². The third kappa shape index (κ3) is 12.7. The Morgan fingerprint density at radius 3 is 2.11 bits per heavy atom. The van der Waals surface area contributed by atoms with Crippen molar-refractivity contribution in [2.45, 2.75) is 58.6 Å². The summed E-state index contributed by atoms with van der Waals surface area (Å²) in [5, 5.41) is 12.4. The van der Waals surface area contributed by atoms with E-state index in [0.29, 0.717) is 37.8 Å². The van der Waals surface area contributed by atoms with Gasteiger partial charge in [0.05, 0.1) is 22.8 Å². The number of alkyl halides is 6. The molecule has 1 heterocycles. The molecule has 19 heteroatoms. The van der Waals surface area contributed by atoms with E-state index in [-0.39, 0.29) is 29.8 Å². The standard InChI is InChI=1S/C47H50F6N4O6S3/c1-32(30-56(2)26-27-58)43(31-64-39-9-4-3-5-10-39)54-42-21-20-40(29-44(42)65(60,61)47(51,52)53)66(62,63)55-45(59)35-14-18-38(19-15-35)57-24-22-33(23-25-57)28-36-8-6-7-11-41(36)34-12-16-37(17-13-34)46(48,49)50/h3-21,29,32-33,43,54,58H,22-28,30-31H2,1-2H3,(H,55,59)/t32?,43-/m0/s1. The van der Waals surface area contributed by atoms with Crippen LogP contribution in [-0.2, 0) is 32.5 Å². The maximum atomic E-state index is 14.2. The summed E-state index contributed by atoms with van der Waals surface area (Å²) < 4.78 is 137. The predicted octanol–water partition coefficient (Wildman–Crippen LogP) is 9.38. The van der Waals surface area contributed by atoms with Gasteiger partial charge in [0.1, 0.15) is 4.90 Å². The van der Waals surface area contributed by atoms with Gasteiger partial charge in [-0.1, -0.05) is 61.5 Å². The molecule has 1 unspecified atom stereocenters. The van der Waals surface area contributed by atoms with Crippen molar-refractivity contribution in [2.75, 3.05) is 55.8 Å². The zero-order valence-electron chi connectivity index (χ0n) is 36.0. The number of halogens is 6. The fraction of sp³-hybridized carbons (Fsp3) is 0.340. The molecule has 10 nitrogen and oxygen atoms in total. The van der Waals surface area contributed by atoms with Crippen molar-refractivity contribution in [3.05, 3.63) is 138 Å². The molecule has 2 atom stereocenters. The van der Waals surface area contributed by atoms with Gasteiger partial charge < -0.3 is 20.2 Å². The molecule has 0 aromatic heterocycles. The highest BCUT2D eigenvalue weighted by Crippen LogP contribution is 2.38. The van der Waals surface area contributed by atoms with Crippen LogP contribution in [0.5, 0.6) is 0 Å². The molecule has 354 valence electrons. The Morgan fingerprint density at radius 2 is 1.48 bits per heavy atom. The van der Waals surface area contributed by atoms with Crippen LogP contribution in [0.1, 0.15) is 41.3 Å². The van der Waals surface area contributed by atoms with Crippen LogP contribution < -0.4 is 14.9 Å². The minimum Gasteiger partial charge on any atom is -0.395 e. The predicted molar refractivity (Wildman–Crippen MR) is 245 cm³/mol. The number of aliphatic hydroxyl groups excluding tert-OH is 1. The molecule has 0 aliphatic carbocycles. The number of benzene rings is 5. The molecule has 1 fully saturated rings. The number of sulfone groups is 1. The smallest absolute Gasteiger partial charge is 0.395 e. The van der Waals surface area contributed by atoms with E-state index in [1.54, 1.807) is 19.2 Å². The van der Waals surface area contributed by atoms with E-state index >= 15 is 0 Å².